The number of aryl methyl sites for hydroxylation is 1. The third kappa shape index (κ3) is 2.74. The fourth-order valence-corrected chi connectivity index (χ4v) is 2.20. The van der Waals surface area contributed by atoms with E-state index in [4.69, 9.17) is 5.73 Å². The van der Waals surface area contributed by atoms with Crippen molar-refractivity contribution in [2.24, 2.45) is 5.73 Å². The number of hydrogen-bond acceptors (Lipinski definition) is 3. The largest absolute Gasteiger partial charge is 0.325 e. The Hall–Kier alpha value is -1.74. The summed E-state index contributed by atoms with van der Waals surface area (Å²) < 4.78 is 0. The third-order valence-corrected chi connectivity index (χ3v) is 3.10. The van der Waals surface area contributed by atoms with Gasteiger partial charge in [0, 0.05) is 18.7 Å². The van der Waals surface area contributed by atoms with E-state index in [1.807, 2.05) is 25.1 Å². The lowest BCUT2D eigenvalue weighted by molar-refractivity contribution is 0.833. The van der Waals surface area contributed by atoms with Crippen molar-refractivity contribution in [2.75, 3.05) is 0 Å². The van der Waals surface area contributed by atoms with Crippen LogP contribution in [-0.2, 0) is 19.4 Å². The average Bonchev–Trinajstić information content (AvgIpc) is 2.39. The molecule has 0 atom stereocenters. The third-order valence-electron chi connectivity index (χ3n) is 3.10. The summed E-state index contributed by atoms with van der Waals surface area (Å²) in [5.74, 6) is 0.858. The van der Waals surface area contributed by atoms with Gasteiger partial charge in [0.05, 0.1) is 5.69 Å². The maximum absolute atomic E-state index is 5.77. The number of aromatic nitrogens is 2. The molecule has 1 aromatic carbocycles. The van der Waals surface area contributed by atoms with Gasteiger partial charge in [0.1, 0.15) is 5.82 Å². The molecule has 3 heteroatoms. The van der Waals surface area contributed by atoms with Gasteiger partial charge in [-0.25, -0.2) is 9.97 Å². The molecule has 94 valence electrons. The van der Waals surface area contributed by atoms with Gasteiger partial charge in [-0.2, -0.15) is 0 Å². The lowest BCUT2D eigenvalue weighted by Gasteiger charge is -2.10. The summed E-state index contributed by atoms with van der Waals surface area (Å²) in [5, 5.41) is 0. The Kier molecular flexibility index (Phi) is 4.05. The molecule has 0 fully saturated rings. The SMILES string of the molecule is CCc1c(C)nc(Cc2ccccc2)nc1CN. The second kappa shape index (κ2) is 5.74. The molecule has 3 nitrogen and oxygen atoms in total. The monoisotopic (exact) mass is 241 g/mol. The van der Waals surface area contributed by atoms with Crippen LogP contribution in [0, 0.1) is 6.92 Å². The summed E-state index contributed by atoms with van der Waals surface area (Å²) in [6.07, 6.45) is 1.70. The summed E-state index contributed by atoms with van der Waals surface area (Å²) >= 11 is 0. The molecular weight excluding hydrogens is 222 g/mol. The predicted molar refractivity (Wildman–Crippen MR) is 73.3 cm³/mol. The minimum absolute atomic E-state index is 0.480. The first-order chi connectivity index (χ1) is 8.74. The summed E-state index contributed by atoms with van der Waals surface area (Å²) in [7, 11) is 0. The van der Waals surface area contributed by atoms with Crippen LogP contribution in [0.2, 0.25) is 0 Å². The molecule has 2 rings (SSSR count). The van der Waals surface area contributed by atoms with E-state index in [9.17, 15) is 0 Å². The molecule has 0 spiro atoms. The van der Waals surface area contributed by atoms with Gasteiger partial charge in [0.2, 0.25) is 0 Å². The number of hydrogen-bond donors (Lipinski definition) is 1. The minimum atomic E-state index is 0.480. The lowest BCUT2D eigenvalue weighted by Crippen LogP contribution is -2.11. The maximum Gasteiger partial charge on any atom is 0.133 e. The maximum atomic E-state index is 5.77. The average molecular weight is 241 g/mol. The number of nitrogens with two attached hydrogens (primary N) is 1. The van der Waals surface area contributed by atoms with Gasteiger partial charge < -0.3 is 5.73 Å². The zero-order chi connectivity index (χ0) is 13.0. The summed E-state index contributed by atoms with van der Waals surface area (Å²) in [5.41, 5.74) is 10.2. The quantitative estimate of drug-likeness (QED) is 0.894. The lowest BCUT2D eigenvalue weighted by atomic mass is 10.1. The molecule has 0 saturated heterocycles. The van der Waals surface area contributed by atoms with Crippen LogP contribution >= 0.6 is 0 Å². The van der Waals surface area contributed by atoms with E-state index in [1.54, 1.807) is 0 Å². The van der Waals surface area contributed by atoms with Gasteiger partial charge in [0.15, 0.2) is 0 Å². The normalized spacial score (nSPS) is 10.6. The molecule has 0 unspecified atom stereocenters. The van der Waals surface area contributed by atoms with E-state index in [-0.39, 0.29) is 0 Å². The molecule has 0 saturated carbocycles. The summed E-state index contributed by atoms with van der Waals surface area (Å²) in [4.78, 5) is 9.16. The highest BCUT2D eigenvalue weighted by Crippen LogP contribution is 2.13. The van der Waals surface area contributed by atoms with Crippen molar-refractivity contribution in [3.63, 3.8) is 0 Å². The Morgan fingerprint density at radius 1 is 1.11 bits per heavy atom. The van der Waals surface area contributed by atoms with Crippen molar-refractivity contribution >= 4 is 0 Å². The van der Waals surface area contributed by atoms with Crippen LogP contribution in [0.25, 0.3) is 0 Å². The van der Waals surface area contributed by atoms with Crippen molar-refractivity contribution in [3.05, 3.63) is 58.7 Å². The zero-order valence-corrected chi connectivity index (χ0v) is 11.0. The fraction of sp³-hybridized carbons (Fsp3) is 0.333. The Morgan fingerprint density at radius 2 is 1.83 bits per heavy atom. The molecule has 0 aliphatic carbocycles. The first kappa shape index (κ1) is 12.7. The van der Waals surface area contributed by atoms with Crippen molar-refractivity contribution in [1.82, 2.24) is 9.97 Å². The van der Waals surface area contributed by atoms with Gasteiger partial charge in [-0.15, -0.1) is 0 Å². The van der Waals surface area contributed by atoms with Gasteiger partial charge in [-0.3, -0.25) is 0 Å². The molecule has 2 N–H and O–H groups in total. The molecule has 1 heterocycles. The zero-order valence-electron chi connectivity index (χ0n) is 11.0. The first-order valence-corrected chi connectivity index (χ1v) is 6.33. The minimum Gasteiger partial charge on any atom is -0.325 e. The van der Waals surface area contributed by atoms with E-state index in [2.05, 4.69) is 29.0 Å². The van der Waals surface area contributed by atoms with Gasteiger partial charge in [0.25, 0.3) is 0 Å². The van der Waals surface area contributed by atoms with E-state index in [0.717, 1.165) is 30.1 Å². The molecule has 0 bridgehead atoms. The van der Waals surface area contributed by atoms with Gasteiger partial charge >= 0.3 is 0 Å². The van der Waals surface area contributed by atoms with Crippen LogP contribution in [0.4, 0.5) is 0 Å². The van der Waals surface area contributed by atoms with Crippen molar-refractivity contribution in [2.45, 2.75) is 33.2 Å². The van der Waals surface area contributed by atoms with Crippen LogP contribution in [0.5, 0.6) is 0 Å². The Morgan fingerprint density at radius 3 is 2.44 bits per heavy atom. The van der Waals surface area contributed by atoms with E-state index in [1.165, 1.54) is 11.1 Å². The van der Waals surface area contributed by atoms with Gasteiger partial charge in [-0.1, -0.05) is 37.3 Å². The molecule has 18 heavy (non-hydrogen) atoms. The highest BCUT2D eigenvalue weighted by molar-refractivity contribution is 5.27. The number of rotatable bonds is 4. The smallest absolute Gasteiger partial charge is 0.133 e. The molecule has 2 aromatic rings. The number of benzene rings is 1. The molecule has 0 amide bonds. The highest BCUT2D eigenvalue weighted by atomic mass is 14.9. The van der Waals surface area contributed by atoms with Crippen molar-refractivity contribution < 1.29 is 0 Å². The Balaban J connectivity index is 2.32. The van der Waals surface area contributed by atoms with Crippen LogP contribution in [0.1, 0.15) is 35.3 Å². The summed E-state index contributed by atoms with van der Waals surface area (Å²) in [6, 6.07) is 10.3. The van der Waals surface area contributed by atoms with Crippen LogP contribution in [0.15, 0.2) is 30.3 Å². The Labute approximate surface area is 108 Å². The molecule has 0 radical (unpaired) electrons. The second-order valence-electron chi connectivity index (χ2n) is 4.37. The number of nitrogens with zero attached hydrogens (tertiary/aromatic N) is 2. The van der Waals surface area contributed by atoms with Crippen LogP contribution < -0.4 is 5.73 Å². The van der Waals surface area contributed by atoms with Crippen LogP contribution in [-0.4, -0.2) is 9.97 Å². The van der Waals surface area contributed by atoms with Crippen molar-refractivity contribution in [3.8, 4) is 0 Å². The first-order valence-electron chi connectivity index (χ1n) is 6.33. The predicted octanol–water partition coefficient (Wildman–Crippen LogP) is 2.40. The van der Waals surface area contributed by atoms with E-state index >= 15 is 0 Å². The van der Waals surface area contributed by atoms with Gasteiger partial charge in [-0.05, 0) is 24.5 Å². The second-order valence-corrected chi connectivity index (χ2v) is 4.37. The topological polar surface area (TPSA) is 51.8 Å². The molecular formula is C15H19N3. The molecule has 0 aliphatic rings. The Bertz CT molecular complexity index is 521. The molecule has 0 aliphatic heterocycles. The fourth-order valence-electron chi connectivity index (χ4n) is 2.20. The standard InChI is InChI=1S/C15H19N3/c1-3-13-11(2)17-15(18-14(13)10-16)9-12-7-5-4-6-8-12/h4-8H,3,9-10,16H2,1-2H3. The summed E-state index contributed by atoms with van der Waals surface area (Å²) in [6.45, 7) is 4.63. The van der Waals surface area contributed by atoms with Crippen molar-refractivity contribution in [1.29, 1.82) is 0 Å². The molecule has 1 aromatic heterocycles. The van der Waals surface area contributed by atoms with E-state index < -0.39 is 0 Å². The van der Waals surface area contributed by atoms with Crippen LogP contribution in [0.3, 0.4) is 0 Å². The highest BCUT2D eigenvalue weighted by Gasteiger charge is 2.09. The van der Waals surface area contributed by atoms with E-state index in [0.29, 0.717) is 6.54 Å².